The predicted octanol–water partition coefficient (Wildman–Crippen LogP) is 4.86. The van der Waals surface area contributed by atoms with Crippen molar-refractivity contribution in [2.24, 2.45) is 0 Å². The third kappa shape index (κ3) is 4.80. The number of hydrogen-bond donors (Lipinski definition) is 3. The quantitative estimate of drug-likeness (QED) is 0.332. The van der Waals surface area contributed by atoms with Crippen LogP contribution in [0.5, 0.6) is 0 Å². The van der Waals surface area contributed by atoms with Gasteiger partial charge in [-0.25, -0.2) is 14.6 Å². The Morgan fingerprint density at radius 2 is 1.94 bits per heavy atom. The first kappa shape index (κ1) is 24.5. The number of nitrogens with one attached hydrogen (secondary N) is 3. The number of carbonyl (C=O) groups excluding carboxylic acids is 2. The summed E-state index contributed by atoms with van der Waals surface area (Å²) < 4.78 is 41.0. The summed E-state index contributed by atoms with van der Waals surface area (Å²) in [5, 5.41) is 8.51. The number of rotatable bonds is 6. The highest BCUT2D eigenvalue weighted by Crippen LogP contribution is 2.35. The SMILES string of the molecule is CCCNC(=O)c1cc2[nH]cnc2c(Cl)c1NC(=O)c1cc(C(F)(F)F)nn1-c1ncccc1Cl. The van der Waals surface area contributed by atoms with Gasteiger partial charge in [-0.15, -0.1) is 0 Å². The van der Waals surface area contributed by atoms with Crippen LogP contribution in [-0.4, -0.2) is 43.1 Å². The molecule has 0 radical (unpaired) electrons. The van der Waals surface area contributed by atoms with Crippen LogP contribution < -0.4 is 10.6 Å². The Labute approximate surface area is 205 Å². The molecule has 0 spiro atoms. The molecule has 2 amide bonds. The van der Waals surface area contributed by atoms with Crippen LogP contribution in [-0.2, 0) is 6.18 Å². The Kier molecular flexibility index (Phi) is 6.68. The number of fused-ring (bicyclic) bond motifs is 1. The molecular formula is C21H16Cl2F3N7O2. The van der Waals surface area contributed by atoms with Gasteiger partial charge in [-0.1, -0.05) is 30.1 Å². The first-order valence-electron chi connectivity index (χ1n) is 10.1. The minimum atomic E-state index is -4.85. The first-order chi connectivity index (χ1) is 16.6. The van der Waals surface area contributed by atoms with Crippen molar-refractivity contribution in [2.45, 2.75) is 19.5 Å². The van der Waals surface area contributed by atoms with Gasteiger partial charge in [0.25, 0.3) is 11.8 Å². The number of anilines is 1. The van der Waals surface area contributed by atoms with E-state index in [0.29, 0.717) is 29.2 Å². The molecule has 1 aromatic carbocycles. The number of benzene rings is 1. The lowest BCUT2D eigenvalue weighted by atomic mass is 10.1. The highest BCUT2D eigenvalue weighted by atomic mass is 35.5. The molecular weight excluding hydrogens is 510 g/mol. The monoisotopic (exact) mass is 525 g/mol. The Morgan fingerprint density at radius 3 is 2.63 bits per heavy atom. The molecule has 0 aliphatic rings. The molecule has 3 heterocycles. The number of nitrogens with zero attached hydrogens (tertiary/aromatic N) is 4. The van der Waals surface area contributed by atoms with Crippen LogP contribution in [0.2, 0.25) is 10.0 Å². The first-order valence-corrected chi connectivity index (χ1v) is 10.9. The van der Waals surface area contributed by atoms with E-state index < -0.39 is 29.4 Å². The number of carbonyl (C=O) groups is 2. The summed E-state index contributed by atoms with van der Waals surface area (Å²) in [5.74, 6) is -1.77. The van der Waals surface area contributed by atoms with E-state index in [1.165, 1.54) is 30.7 Å². The fourth-order valence-electron chi connectivity index (χ4n) is 3.23. The molecule has 182 valence electrons. The second-order valence-corrected chi connectivity index (χ2v) is 8.04. The van der Waals surface area contributed by atoms with E-state index >= 15 is 0 Å². The summed E-state index contributed by atoms with van der Waals surface area (Å²) >= 11 is 12.5. The molecule has 0 saturated carbocycles. The molecule has 0 saturated heterocycles. The number of H-pyrrole nitrogens is 1. The van der Waals surface area contributed by atoms with E-state index in [2.05, 4.69) is 30.7 Å². The van der Waals surface area contributed by atoms with Crippen LogP contribution >= 0.6 is 23.2 Å². The van der Waals surface area contributed by atoms with Gasteiger partial charge in [0.2, 0.25) is 0 Å². The largest absolute Gasteiger partial charge is 0.435 e. The Balaban J connectivity index is 1.82. The highest BCUT2D eigenvalue weighted by Gasteiger charge is 2.37. The van der Waals surface area contributed by atoms with Crippen LogP contribution in [0, 0.1) is 0 Å². The maximum Gasteiger partial charge on any atom is 0.435 e. The molecule has 4 rings (SSSR count). The van der Waals surface area contributed by atoms with Crippen LogP contribution in [0.1, 0.15) is 39.9 Å². The number of aromatic nitrogens is 5. The average molecular weight is 526 g/mol. The van der Waals surface area contributed by atoms with Gasteiger partial charge in [-0.2, -0.15) is 18.3 Å². The minimum Gasteiger partial charge on any atom is -0.352 e. The lowest BCUT2D eigenvalue weighted by Crippen LogP contribution is -2.26. The molecule has 35 heavy (non-hydrogen) atoms. The van der Waals surface area contributed by atoms with E-state index in [-0.39, 0.29) is 32.6 Å². The maximum atomic E-state index is 13.4. The molecule has 0 aliphatic heterocycles. The number of amides is 2. The number of pyridine rings is 1. The molecule has 14 heteroatoms. The van der Waals surface area contributed by atoms with Gasteiger partial charge in [0.15, 0.2) is 11.5 Å². The van der Waals surface area contributed by atoms with E-state index in [9.17, 15) is 22.8 Å². The molecule has 3 aromatic heterocycles. The summed E-state index contributed by atoms with van der Waals surface area (Å²) in [6.07, 6.45) is -1.56. The van der Waals surface area contributed by atoms with Crippen molar-refractivity contribution in [3.8, 4) is 5.82 Å². The van der Waals surface area contributed by atoms with Crippen molar-refractivity contribution >= 4 is 51.7 Å². The van der Waals surface area contributed by atoms with Crippen LogP contribution in [0.4, 0.5) is 18.9 Å². The van der Waals surface area contributed by atoms with Gasteiger partial charge in [0, 0.05) is 18.8 Å². The zero-order valence-electron chi connectivity index (χ0n) is 17.9. The van der Waals surface area contributed by atoms with Crippen molar-refractivity contribution in [1.29, 1.82) is 0 Å². The van der Waals surface area contributed by atoms with Crippen molar-refractivity contribution in [2.75, 3.05) is 11.9 Å². The van der Waals surface area contributed by atoms with Crippen LogP contribution in [0.15, 0.2) is 36.8 Å². The van der Waals surface area contributed by atoms with E-state index in [4.69, 9.17) is 23.2 Å². The van der Waals surface area contributed by atoms with E-state index in [1.807, 2.05) is 6.92 Å². The Hall–Kier alpha value is -3.64. The van der Waals surface area contributed by atoms with Crippen molar-refractivity contribution in [1.82, 2.24) is 30.0 Å². The zero-order chi connectivity index (χ0) is 25.3. The molecule has 9 nitrogen and oxygen atoms in total. The number of imidazole rings is 1. The highest BCUT2D eigenvalue weighted by molar-refractivity contribution is 6.39. The normalized spacial score (nSPS) is 11.6. The van der Waals surface area contributed by atoms with Gasteiger partial charge in [0.05, 0.1) is 33.1 Å². The maximum absolute atomic E-state index is 13.4. The Bertz CT molecular complexity index is 1430. The number of alkyl halides is 3. The predicted molar refractivity (Wildman–Crippen MR) is 123 cm³/mol. The van der Waals surface area contributed by atoms with Gasteiger partial charge in [-0.05, 0) is 24.6 Å². The second kappa shape index (κ2) is 9.55. The summed E-state index contributed by atoms with van der Waals surface area (Å²) in [6, 6.07) is 4.85. The summed E-state index contributed by atoms with van der Waals surface area (Å²) in [5.41, 5.74) is -1.31. The average Bonchev–Trinajstić information content (AvgIpc) is 3.47. The molecule has 0 unspecified atom stereocenters. The van der Waals surface area contributed by atoms with Gasteiger partial charge in [-0.3, -0.25) is 9.59 Å². The number of hydrogen-bond acceptors (Lipinski definition) is 5. The summed E-state index contributed by atoms with van der Waals surface area (Å²) in [4.78, 5) is 36.9. The number of halogens is 5. The van der Waals surface area contributed by atoms with Crippen molar-refractivity contribution in [3.63, 3.8) is 0 Å². The summed E-state index contributed by atoms with van der Waals surface area (Å²) in [7, 11) is 0. The van der Waals surface area contributed by atoms with Gasteiger partial charge < -0.3 is 15.6 Å². The van der Waals surface area contributed by atoms with E-state index in [0.717, 1.165) is 0 Å². The molecule has 4 aromatic rings. The molecule has 0 atom stereocenters. The third-order valence-electron chi connectivity index (χ3n) is 4.85. The third-order valence-corrected chi connectivity index (χ3v) is 5.51. The summed E-state index contributed by atoms with van der Waals surface area (Å²) in [6.45, 7) is 2.21. The lowest BCUT2D eigenvalue weighted by molar-refractivity contribution is -0.141. The van der Waals surface area contributed by atoms with Crippen molar-refractivity contribution < 1.29 is 22.8 Å². The van der Waals surface area contributed by atoms with Gasteiger partial charge in [0.1, 0.15) is 11.2 Å². The standard InChI is InChI=1S/C21H16Cl2F3N7O2/c1-2-5-28-19(34)10-7-12-17(30-9-29-12)15(23)16(10)31-20(35)13-8-14(21(24,25)26)32-33(13)18-11(22)4-3-6-27-18/h3-4,6-9H,2,5H2,1H3,(H,28,34)(H,29,30)(H,31,35). The fourth-order valence-corrected chi connectivity index (χ4v) is 3.73. The van der Waals surface area contributed by atoms with Gasteiger partial charge >= 0.3 is 6.18 Å². The molecule has 0 aliphatic carbocycles. The molecule has 0 bridgehead atoms. The molecule has 0 fully saturated rings. The minimum absolute atomic E-state index is 0.00784. The zero-order valence-corrected chi connectivity index (χ0v) is 19.4. The van der Waals surface area contributed by atoms with Crippen LogP contribution in [0.3, 0.4) is 0 Å². The lowest BCUT2D eigenvalue weighted by Gasteiger charge is -2.14. The fraction of sp³-hybridized carbons (Fsp3) is 0.190. The Morgan fingerprint density at radius 1 is 1.17 bits per heavy atom. The van der Waals surface area contributed by atoms with Crippen LogP contribution in [0.25, 0.3) is 16.9 Å². The van der Waals surface area contributed by atoms with Crippen molar-refractivity contribution in [3.05, 3.63) is 63.8 Å². The number of aromatic amines is 1. The second-order valence-electron chi connectivity index (χ2n) is 7.26. The molecule has 3 N–H and O–H groups in total. The smallest absolute Gasteiger partial charge is 0.352 e. The van der Waals surface area contributed by atoms with E-state index in [1.54, 1.807) is 0 Å². The topological polar surface area (TPSA) is 118 Å².